The molecule has 2 atom stereocenters. The lowest BCUT2D eigenvalue weighted by atomic mass is 9.99. The highest BCUT2D eigenvalue weighted by atomic mass is 19.4. The van der Waals surface area contributed by atoms with Crippen LogP contribution in [0, 0.1) is 0 Å². The molecule has 2 rings (SSSR count). The maximum absolute atomic E-state index is 12.7. The first kappa shape index (κ1) is 14.3. The van der Waals surface area contributed by atoms with Gasteiger partial charge in [-0.3, -0.25) is 11.3 Å². The number of rotatable bonds is 3. The van der Waals surface area contributed by atoms with Gasteiger partial charge in [0, 0.05) is 0 Å². The molecule has 0 saturated carbocycles. The number of ether oxygens (including phenoxy) is 2. The van der Waals surface area contributed by atoms with Crippen molar-refractivity contribution >= 4 is 0 Å². The molecule has 0 amide bonds. The summed E-state index contributed by atoms with van der Waals surface area (Å²) in [5.74, 6) is 5.43. The maximum atomic E-state index is 12.7. The van der Waals surface area contributed by atoms with Crippen LogP contribution in [0.3, 0.4) is 0 Å². The summed E-state index contributed by atoms with van der Waals surface area (Å²) in [7, 11) is 0. The predicted octanol–water partition coefficient (Wildman–Crippen LogP) is 1.63. The van der Waals surface area contributed by atoms with Crippen molar-refractivity contribution in [2.75, 3.05) is 19.8 Å². The van der Waals surface area contributed by atoms with E-state index in [2.05, 4.69) is 5.43 Å². The van der Waals surface area contributed by atoms with Crippen LogP contribution in [0.15, 0.2) is 24.3 Å². The van der Waals surface area contributed by atoms with Crippen molar-refractivity contribution in [3.63, 3.8) is 0 Å². The smallest absolute Gasteiger partial charge is 0.376 e. The van der Waals surface area contributed by atoms with Crippen molar-refractivity contribution in [1.82, 2.24) is 5.43 Å². The van der Waals surface area contributed by atoms with E-state index < -0.39 is 23.9 Å². The number of benzene rings is 1. The summed E-state index contributed by atoms with van der Waals surface area (Å²) in [6.07, 6.45) is -4.78. The van der Waals surface area contributed by atoms with Crippen LogP contribution in [0.2, 0.25) is 0 Å². The molecule has 3 N–H and O–H groups in total. The van der Waals surface area contributed by atoms with Crippen LogP contribution in [0.4, 0.5) is 13.2 Å². The highest BCUT2D eigenvalue weighted by Crippen LogP contribution is 2.31. The van der Waals surface area contributed by atoms with E-state index in [9.17, 15) is 13.2 Å². The Hall–Kier alpha value is -1.15. The lowest BCUT2D eigenvalue weighted by molar-refractivity contribution is -0.137. The van der Waals surface area contributed by atoms with Gasteiger partial charge in [0.15, 0.2) is 0 Å². The minimum atomic E-state index is -4.38. The number of hydrazine groups is 1. The summed E-state index contributed by atoms with van der Waals surface area (Å²) >= 11 is 0. The molecule has 0 aliphatic carbocycles. The highest BCUT2D eigenvalue weighted by Gasteiger charge is 2.32. The zero-order valence-electron chi connectivity index (χ0n) is 10.1. The zero-order valence-corrected chi connectivity index (χ0v) is 10.1. The molecule has 106 valence electrons. The Balaban J connectivity index is 2.22. The third-order valence-electron chi connectivity index (χ3n) is 2.97. The summed E-state index contributed by atoms with van der Waals surface area (Å²) in [5, 5.41) is 0. The summed E-state index contributed by atoms with van der Waals surface area (Å²) in [4.78, 5) is 0. The van der Waals surface area contributed by atoms with Gasteiger partial charge in [0.25, 0.3) is 0 Å². The van der Waals surface area contributed by atoms with Crippen LogP contribution in [-0.2, 0) is 15.7 Å². The van der Waals surface area contributed by atoms with Crippen molar-refractivity contribution in [3.8, 4) is 0 Å². The molecule has 2 unspecified atom stereocenters. The molecule has 1 heterocycles. The van der Waals surface area contributed by atoms with Gasteiger partial charge in [-0.1, -0.05) is 12.1 Å². The fourth-order valence-electron chi connectivity index (χ4n) is 2.03. The van der Waals surface area contributed by atoms with Crippen molar-refractivity contribution < 1.29 is 22.6 Å². The second-order valence-corrected chi connectivity index (χ2v) is 4.25. The SMILES string of the molecule is NNC(c1cccc(C(F)(F)F)c1)C1COCCO1. The monoisotopic (exact) mass is 276 g/mol. The van der Waals surface area contributed by atoms with Crippen molar-refractivity contribution in [3.05, 3.63) is 35.4 Å². The van der Waals surface area contributed by atoms with Crippen molar-refractivity contribution in [2.45, 2.75) is 18.3 Å². The molecular formula is C12H15F3N2O2. The second kappa shape index (κ2) is 5.87. The van der Waals surface area contributed by atoms with Crippen molar-refractivity contribution in [1.29, 1.82) is 0 Å². The van der Waals surface area contributed by atoms with E-state index in [1.165, 1.54) is 6.07 Å². The standard InChI is InChI=1S/C12H15F3N2O2/c13-12(14,15)9-3-1-2-8(6-9)11(17-16)10-7-18-4-5-19-10/h1-3,6,10-11,17H,4-5,7,16H2. The van der Waals surface area contributed by atoms with Crippen LogP contribution >= 0.6 is 0 Å². The molecule has 0 radical (unpaired) electrons. The largest absolute Gasteiger partial charge is 0.416 e. The van der Waals surface area contributed by atoms with Gasteiger partial charge in [0.1, 0.15) is 6.10 Å². The van der Waals surface area contributed by atoms with E-state index in [4.69, 9.17) is 15.3 Å². The molecule has 0 aromatic heterocycles. The predicted molar refractivity (Wildman–Crippen MR) is 62.1 cm³/mol. The average molecular weight is 276 g/mol. The minimum Gasteiger partial charge on any atom is -0.376 e. The van der Waals surface area contributed by atoms with Crippen LogP contribution in [0.25, 0.3) is 0 Å². The van der Waals surface area contributed by atoms with Crippen LogP contribution in [0.5, 0.6) is 0 Å². The first-order chi connectivity index (χ1) is 9.02. The van der Waals surface area contributed by atoms with Crippen LogP contribution in [-0.4, -0.2) is 25.9 Å². The Morgan fingerprint density at radius 3 is 2.68 bits per heavy atom. The fourth-order valence-corrected chi connectivity index (χ4v) is 2.03. The Morgan fingerprint density at radius 2 is 2.11 bits per heavy atom. The number of nitrogens with one attached hydrogen (secondary N) is 1. The molecular weight excluding hydrogens is 261 g/mol. The number of nitrogens with two attached hydrogens (primary N) is 1. The molecule has 0 spiro atoms. The summed E-state index contributed by atoms with van der Waals surface area (Å²) in [6, 6.07) is 4.49. The summed E-state index contributed by atoms with van der Waals surface area (Å²) in [5.41, 5.74) is 2.21. The third kappa shape index (κ3) is 3.44. The van der Waals surface area contributed by atoms with Gasteiger partial charge in [-0.2, -0.15) is 13.2 Å². The van der Waals surface area contributed by atoms with Gasteiger partial charge in [-0.15, -0.1) is 0 Å². The van der Waals surface area contributed by atoms with E-state index in [0.717, 1.165) is 12.1 Å². The van der Waals surface area contributed by atoms with Crippen molar-refractivity contribution in [2.24, 2.45) is 5.84 Å². The van der Waals surface area contributed by atoms with Gasteiger partial charge in [-0.05, 0) is 17.7 Å². The Bertz CT molecular complexity index is 420. The molecule has 19 heavy (non-hydrogen) atoms. The quantitative estimate of drug-likeness (QED) is 0.650. The van der Waals surface area contributed by atoms with Crippen LogP contribution < -0.4 is 11.3 Å². The van der Waals surface area contributed by atoms with Gasteiger partial charge < -0.3 is 9.47 Å². The number of halogens is 3. The number of alkyl halides is 3. The molecule has 1 aliphatic rings. The maximum Gasteiger partial charge on any atom is 0.416 e. The van der Waals surface area contributed by atoms with E-state index in [1.54, 1.807) is 6.07 Å². The first-order valence-corrected chi connectivity index (χ1v) is 5.85. The molecule has 1 saturated heterocycles. The molecule has 7 heteroatoms. The molecule has 1 aromatic rings. The molecule has 4 nitrogen and oxygen atoms in total. The number of hydrogen-bond donors (Lipinski definition) is 2. The molecule has 1 aliphatic heterocycles. The Labute approximate surface area is 108 Å². The highest BCUT2D eigenvalue weighted by molar-refractivity contribution is 5.28. The normalized spacial score (nSPS) is 22.2. The molecule has 1 fully saturated rings. The fraction of sp³-hybridized carbons (Fsp3) is 0.500. The van der Waals surface area contributed by atoms with E-state index in [-0.39, 0.29) is 0 Å². The lowest BCUT2D eigenvalue weighted by Crippen LogP contribution is -2.43. The molecule has 0 bridgehead atoms. The van der Waals surface area contributed by atoms with Gasteiger partial charge in [-0.25, -0.2) is 0 Å². The third-order valence-corrected chi connectivity index (χ3v) is 2.97. The summed E-state index contributed by atoms with van der Waals surface area (Å²) < 4.78 is 48.7. The molecule has 1 aromatic carbocycles. The second-order valence-electron chi connectivity index (χ2n) is 4.25. The lowest BCUT2D eigenvalue weighted by Gasteiger charge is -2.30. The van der Waals surface area contributed by atoms with E-state index >= 15 is 0 Å². The summed E-state index contributed by atoms with van der Waals surface area (Å²) in [6.45, 7) is 1.18. The van der Waals surface area contributed by atoms with Gasteiger partial charge in [0.05, 0.1) is 31.4 Å². The average Bonchev–Trinajstić information content (AvgIpc) is 2.40. The Morgan fingerprint density at radius 1 is 1.32 bits per heavy atom. The zero-order chi connectivity index (χ0) is 13.9. The van der Waals surface area contributed by atoms with E-state index in [0.29, 0.717) is 25.4 Å². The van der Waals surface area contributed by atoms with E-state index in [1.807, 2.05) is 0 Å². The van der Waals surface area contributed by atoms with Gasteiger partial charge in [0.2, 0.25) is 0 Å². The first-order valence-electron chi connectivity index (χ1n) is 5.85. The number of hydrogen-bond acceptors (Lipinski definition) is 4. The Kier molecular flexibility index (Phi) is 4.41. The minimum absolute atomic E-state index is 0.297. The van der Waals surface area contributed by atoms with Crippen LogP contribution in [0.1, 0.15) is 17.2 Å². The topological polar surface area (TPSA) is 56.5 Å². The van der Waals surface area contributed by atoms with Gasteiger partial charge >= 0.3 is 6.18 Å².